The summed E-state index contributed by atoms with van der Waals surface area (Å²) in [4.78, 5) is 12.7. The minimum Gasteiger partial charge on any atom is -0.497 e. The van der Waals surface area contributed by atoms with Crippen LogP contribution in [0.4, 0.5) is 0 Å². The Hall–Kier alpha value is -2.49. The summed E-state index contributed by atoms with van der Waals surface area (Å²) >= 11 is 0. The van der Waals surface area contributed by atoms with Crippen LogP contribution in [-0.4, -0.2) is 19.1 Å². The first kappa shape index (κ1) is 19.3. The number of fused-ring (bicyclic) bond motifs is 1. The molecular formula is C23H29NO3. The first-order valence-corrected chi connectivity index (χ1v) is 9.83. The molecule has 1 aliphatic carbocycles. The molecule has 2 aromatic rings. The van der Waals surface area contributed by atoms with E-state index in [-0.39, 0.29) is 11.9 Å². The van der Waals surface area contributed by atoms with Crippen LogP contribution in [0, 0.1) is 0 Å². The van der Waals surface area contributed by atoms with E-state index in [1.54, 1.807) is 13.2 Å². The maximum Gasteiger partial charge on any atom is 0.261 e. The summed E-state index contributed by atoms with van der Waals surface area (Å²) in [6.45, 7) is 3.98. The van der Waals surface area contributed by atoms with Crippen LogP contribution in [0.15, 0.2) is 42.5 Å². The van der Waals surface area contributed by atoms with Gasteiger partial charge < -0.3 is 14.8 Å². The Kier molecular flexibility index (Phi) is 6.38. The molecular weight excluding hydrogens is 338 g/mol. The van der Waals surface area contributed by atoms with Crippen molar-refractivity contribution in [2.75, 3.05) is 7.11 Å². The topological polar surface area (TPSA) is 47.6 Å². The number of carbonyl (C=O) groups excluding carboxylic acids is 1. The molecule has 0 saturated heterocycles. The normalized spacial score (nSPS) is 15.4. The first-order valence-electron chi connectivity index (χ1n) is 9.83. The van der Waals surface area contributed by atoms with Gasteiger partial charge in [0.25, 0.3) is 5.91 Å². The molecule has 0 radical (unpaired) electrons. The predicted octanol–water partition coefficient (Wildman–Crippen LogP) is 4.61. The van der Waals surface area contributed by atoms with E-state index in [1.165, 1.54) is 30.4 Å². The Balaban J connectivity index is 1.65. The zero-order valence-electron chi connectivity index (χ0n) is 16.5. The van der Waals surface area contributed by atoms with Crippen LogP contribution in [0.25, 0.3) is 0 Å². The standard InChI is InChI=1S/C23H29NO3/c1-4-22(27-21-11-7-10-20(15-21)26-3)23(25)24-16(2)18-13-12-17-8-5-6-9-19(17)14-18/h7,10-16,22H,4-6,8-9H2,1-3H3,(H,24,25)/t16-,22-/m1/s1. The average molecular weight is 367 g/mol. The number of methoxy groups -OCH3 is 1. The molecule has 0 spiro atoms. The SMILES string of the molecule is CC[C@@H](Oc1cccc(OC)c1)C(=O)N[C@H](C)c1ccc2c(c1)CCCC2. The number of ether oxygens (including phenoxy) is 2. The summed E-state index contributed by atoms with van der Waals surface area (Å²) in [7, 11) is 1.61. The molecule has 27 heavy (non-hydrogen) atoms. The minimum atomic E-state index is -0.530. The lowest BCUT2D eigenvalue weighted by molar-refractivity contribution is -0.128. The summed E-state index contributed by atoms with van der Waals surface area (Å²) in [6.07, 6.45) is 4.91. The Bertz CT molecular complexity index is 787. The van der Waals surface area contributed by atoms with Crippen LogP contribution in [0.2, 0.25) is 0 Å². The number of amides is 1. The smallest absolute Gasteiger partial charge is 0.261 e. The van der Waals surface area contributed by atoms with Crippen LogP contribution < -0.4 is 14.8 Å². The van der Waals surface area contributed by atoms with E-state index in [0.717, 1.165) is 12.0 Å². The lowest BCUT2D eigenvalue weighted by atomic mass is 9.89. The fourth-order valence-corrected chi connectivity index (χ4v) is 3.57. The zero-order valence-corrected chi connectivity index (χ0v) is 16.5. The number of benzene rings is 2. The van der Waals surface area contributed by atoms with Crippen molar-refractivity contribution < 1.29 is 14.3 Å². The summed E-state index contributed by atoms with van der Waals surface area (Å²) in [5, 5.41) is 3.11. The summed E-state index contributed by atoms with van der Waals surface area (Å²) < 4.78 is 11.1. The van der Waals surface area contributed by atoms with Crippen molar-refractivity contribution >= 4 is 5.91 Å². The number of aryl methyl sites for hydroxylation is 2. The third-order valence-electron chi connectivity index (χ3n) is 5.21. The number of rotatable bonds is 7. The Morgan fingerprint density at radius 1 is 1.07 bits per heavy atom. The number of nitrogens with one attached hydrogen (secondary N) is 1. The monoisotopic (exact) mass is 367 g/mol. The van der Waals surface area contributed by atoms with Gasteiger partial charge in [-0.2, -0.15) is 0 Å². The van der Waals surface area contributed by atoms with Gasteiger partial charge in [-0.1, -0.05) is 31.2 Å². The van der Waals surface area contributed by atoms with Crippen molar-refractivity contribution in [2.45, 2.75) is 58.1 Å². The quantitative estimate of drug-likeness (QED) is 0.777. The van der Waals surface area contributed by atoms with E-state index >= 15 is 0 Å². The molecule has 0 saturated carbocycles. The predicted molar refractivity (Wildman–Crippen MR) is 107 cm³/mol. The first-order chi connectivity index (χ1) is 13.1. The van der Waals surface area contributed by atoms with E-state index in [4.69, 9.17) is 9.47 Å². The van der Waals surface area contributed by atoms with E-state index < -0.39 is 6.10 Å². The molecule has 0 unspecified atom stereocenters. The summed E-state index contributed by atoms with van der Waals surface area (Å²) in [5.41, 5.74) is 4.04. The number of hydrogen-bond acceptors (Lipinski definition) is 3. The maximum atomic E-state index is 12.7. The Labute approximate surface area is 161 Å². The van der Waals surface area contributed by atoms with Crippen molar-refractivity contribution in [3.05, 3.63) is 59.2 Å². The molecule has 1 N–H and O–H groups in total. The van der Waals surface area contributed by atoms with E-state index in [1.807, 2.05) is 32.0 Å². The molecule has 3 rings (SSSR count). The van der Waals surface area contributed by atoms with Gasteiger partial charge in [0, 0.05) is 6.07 Å². The summed E-state index contributed by atoms with van der Waals surface area (Å²) in [5.74, 6) is 1.26. The Morgan fingerprint density at radius 2 is 1.81 bits per heavy atom. The maximum absolute atomic E-state index is 12.7. The van der Waals surface area contributed by atoms with Gasteiger partial charge in [-0.05, 0) is 67.9 Å². The van der Waals surface area contributed by atoms with Gasteiger partial charge in [0.15, 0.2) is 6.10 Å². The van der Waals surface area contributed by atoms with Gasteiger partial charge in [0.05, 0.1) is 13.2 Å². The second kappa shape index (κ2) is 8.94. The van der Waals surface area contributed by atoms with Gasteiger partial charge >= 0.3 is 0 Å². The Morgan fingerprint density at radius 3 is 2.56 bits per heavy atom. The highest BCUT2D eigenvalue weighted by Crippen LogP contribution is 2.25. The molecule has 0 aliphatic heterocycles. The third kappa shape index (κ3) is 4.82. The summed E-state index contributed by atoms with van der Waals surface area (Å²) in [6, 6.07) is 13.9. The van der Waals surface area contributed by atoms with Crippen LogP contribution in [-0.2, 0) is 17.6 Å². The van der Waals surface area contributed by atoms with Crippen molar-refractivity contribution in [3.8, 4) is 11.5 Å². The molecule has 2 atom stereocenters. The minimum absolute atomic E-state index is 0.0484. The fraction of sp³-hybridized carbons (Fsp3) is 0.435. The van der Waals surface area contributed by atoms with Gasteiger partial charge in [0.1, 0.15) is 11.5 Å². The van der Waals surface area contributed by atoms with E-state index in [2.05, 4.69) is 23.5 Å². The molecule has 0 bridgehead atoms. The molecule has 1 amide bonds. The van der Waals surface area contributed by atoms with Gasteiger partial charge in [-0.25, -0.2) is 0 Å². The number of carbonyl (C=O) groups is 1. The van der Waals surface area contributed by atoms with Gasteiger partial charge in [-0.3, -0.25) is 4.79 Å². The lowest BCUT2D eigenvalue weighted by Gasteiger charge is -2.23. The van der Waals surface area contributed by atoms with E-state index in [0.29, 0.717) is 17.9 Å². The molecule has 0 heterocycles. The van der Waals surface area contributed by atoms with Crippen LogP contribution >= 0.6 is 0 Å². The molecule has 144 valence electrons. The lowest BCUT2D eigenvalue weighted by Crippen LogP contribution is -2.39. The zero-order chi connectivity index (χ0) is 19.2. The highest BCUT2D eigenvalue weighted by molar-refractivity contribution is 5.81. The van der Waals surface area contributed by atoms with Crippen LogP contribution in [0.3, 0.4) is 0 Å². The van der Waals surface area contributed by atoms with E-state index in [9.17, 15) is 4.79 Å². The van der Waals surface area contributed by atoms with Crippen molar-refractivity contribution in [1.29, 1.82) is 0 Å². The van der Waals surface area contributed by atoms with Crippen LogP contribution in [0.1, 0.15) is 55.8 Å². The molecule has 1 aliphatic rings. The highest BCUT2D eigenvalue weighted by Gasteiger charge is 2.21. The highest BCUT2D eigenvalue weighted by atomic mass is 16.5. The van der Waals surface area contributed by atoms with Crippen molar-refractivity contribution in [1.82, 2.24) is 5.32 Å². The second-order valence-corrected chi connectivity index (χ2v) is 7.16. The molecule has 4 nitrogen and oxygen atoms in total. The molecule has 0 fully saturated rings. The largest absolute Gasteiger partial charge is 0.497 e. The van der Waals surface area contributed by atoms with Crippen molar-refractivity contribution in [2.24, 2.45) is 0 Å². The van der Waals surface area contributed by atoms with Crippen molar-refractivity contribution in [3.63, 3.8) is 0 Å². The van der Waals surface area contributed by atoms with Gasteiger partial charge in [0.2, 0.25) is 0 Å². The molecule has 0 aromatic heterocycles. The average Bonchev–Trinajstić information content (AvgIpc) is 2.71. The number of hydrogen-bond donors (Lipinski definition) is 1. The fourth-order valence-electron chi connectivity index (χ4n) is 3.57. The molecule has 4 heteroatoms. The van der Waals surface area contributed by atoms with Gasteiger partial charge in [-0.15, -0.1) is 0 Å². The third-order valence-corrected chi connectivity index (χ3v) is 5.21. The van der Waals surface area contributed by atoms with Crippen LogP contribution in [0.5, 0.6) is 11.5 Å². The second-order valence-electron chi connectivity index (χ2n) is 7.16. The molecule has 2 aromatic carbocycles.